The van der Waals surface area contributed by atoms with Crippen molar-refractivity contribution in [2.24, 2.45) is 17.8 Å². The Bertz CT molecular complexity index is 499. The second-order valence-electron chi connectivity index (χ2n) is 5.42. The number of anilines is 1. The van der Waals surface area contributed by atoms with Crippen molar-refractivity contribution in [2.45, 2.75) is 32.2 Å². The van der Waals surface area contributed by atoms with Crippen molar-refractivity contribution in [3.05, 3.63) is 12.3 Å². The summed E-state index contributed by atoms with van der Waals surface area (Å²) in [5.74, 6) is 0.804. The molecule has 0 radical (unpaired) electrons. The third kappa shape index (κ3) is 2.47. The van der Waals surface area contributed by atoms with Crippen molar-refractivity contribution in [2.75, 3.05) is 5.32 Å². The lowest BCUT2D eigenvalue weighted by atomic mass is 10.0. The summed E-state index contributed by atoms with van der Waals surface area (Å²) in [7, 11) is 0. The monoisotopic (exact) mass is 263 g/mol. The van der Waals surface area contributed by atoms with Gasteiger partial charge in [0.05, 0.1) is 0 Å². The van der Waals surface area contributed by atoms with Crippen LogP contribution in [0.2, 0.25) is 0 Å². The van der Waals surface area contributed by atoms with Crippen molar-refractivity contribution >= 4 is 17.7 Å². The highest BCUT2D eigenvalue weighted by molar-refractivity contribution is 5.94. The summed E-state index contributed by atoms with van der Waals surface area (Å²) in [5, 5.41) is 15.5. The van der Waals surface area contributed by atoms with E-state index in [-0.39, 0.29) is 18.4 Å². The first kappa shape index (κ1) is 12.2. The number of fused-ring (bicyclic) bond motifs is 1. The third-order valence-corrected chi connectivity index (χ3v) is 4.15. The molecule has 1 aromatic rings. The average Bonchev–Trinajstić information content (AvgIpc) is 2.95. The third-order valence-electron chi connectivity index (χ3n) is 4.15. The van der Waals surface area contributed by atoms with Crippen LogP contribution in [0.1, 0.15) is 25.7 Å². The fourth-order valence-corrected chi connectivity index (χ4v) is 3.25. The van der Waals surface area contributed by atoms with Crippen LogP contribution in [0.15, 0.2) is 12.3 Å². The molecule has 2 aliphatic rings. The molecule has 3 rings (SSSR count). The number of aromatic nitrogens is 2. The number of hydrogen-bond donors (Lipinski definition) is 2. The Balaban J connectivity index is 1.58. The molecule has 0 aliphatic heterocycles. The van der Waals surface area contributed by atoms with E-state index in [9.17, 15) is 9.59 Å². The molecule has 0 saturated heterocycles. The van der Waals surface area contributed by atoms with Crippen molar-refractivity contribution in [1.29, 1.82) is 0 Å². The maximum Gasteiger partial charge on any atom is 0.325 e. The predicted molar refractivity (Wildman–Crippen MR) is 67.4 cm³/mol. The maximum absolute atomic E-state index is 12.1. The van der Waals surface area contributed by atoms with Gasteiger partial charge in [-0.25, -0.2) is 0 Å². The van der Waals surface area contributed by atoms with Crippen LogP contribution in [-0.2, 0) is 16.1 Å². The molecule has 2 atom stereocenters. The van der Waals surface area contributed by atoms with E-state index in [2.05, 4.69) is 10.4 Å². The zero-order chi connectivity index (χ0) is 13.4. The van der Waals surface area contributed by atoms with Crippen LogP contribution >= 0.6 is 0 Å². The van der Waals surface area contributed by atoms with Crippen molar-refractivity contribution in [3.8, 4) is 0 Å². The summed E-state index contributed by atoms with van der Waals surface area (Å²) in [6, 6.07) is 1.63. The molecule has 0 aromatic carbocycles. The molecule has 1 heterocycles. The van der Waals surface area contributed by atoms with Crippen LogP contribution in [0.25, 0.3) is 0 Å². The number of aliphatic carboxylic acids is 1. The molecule has 102 valence electrons. The Hall–Kier alpha value is -1.85. The van der Waals surface area contributed by atoms with Crippen LogP contribution in [0.3, 0.4) is 0 Å². The summed E-state index contributed by atoms with van der Waals surface area (Å²) >= 11 is 0. The second-order valence-corrected chi connectivity index (χ2v) is 5.42. The predicted octanol–water partition coefficient (Wildman–Crippen LogP) is 1.34. The van der Waals surface area contributed by atoms with Crippen LogP contribution in [0, 0.1) is 17.8 Å². The van der Waals surface area contributed by atoms with Crippen LogP contribution in [-0.4, -0.2) is 26.8 Å². The van der Waals surface area contributed by atoms with Gasteiger partial charge in [0.15, 0.2) is 5.82 Å². The summed E-state index contributed by atoms with van der Waals surface area (Å²) in [6.45, 7) is -0.190. The first-order valence-electron chi connectivity index (χ1n) is 6.71. The minimum atomic E-state index is -0.950. The lowest BCUT2D eigenvalue weighted by molar-refractivity contribution is -0.137. The molecule has 2 N–H and O–H groups in total. The van der Waals surface area contributed by atoms with E-state index in [0.717, 1.165) is 12.8 Å². The van der Waals surface area contributed by atoms with Crippen molar-refractivity contribution < 1.29 is 14.7 Å². The van der Waals surface area contributed by atoms with Crippen molar-refractivity contribution in [3.63, 3.8) is 0 Å². The minimum Gasteiger partial charge on any atom is -0.480 e. The second kappa shape index (κ2) is 4.68. The summed E-state index contributed by atoms with van der Waals surface area (Å²) in [6.07, 6.45) is 6.35. The van der Waals surface area contributed by atoms with E-state index in [0.29, 0.717) is 17.7 Å². The molecule has 6 nitrogen and oxygen atoms in total. The van der Waals surface area contributed by atoms with E-state index in [1.165, 1.54) is 17.5 Å². The topological polar surface area (TPSA) is 84.2 Å². The molecule has 2 fully saturated rings. The number of carboxylic acid groups (broad SMARTS) is 1. The number of nitrogens with zero attached hydrogens (tertiary/aromatic N) is 2. The summed E-state index contributed by atoms with van der Waals surface area (Å²) < 4.78 is 1.30. The number of amides is 1. The Morgan fingerprint density at radius 3 is 2.68 bits per heavy atom. The maximum atomic E-state index is 12.1. The van der Waals surface area contributed by atoms with Crippen LogP contribution in [0.4, 0.5) is 5.82 Å². The summed E-state index contributed by atoms with van der Waals surface area (Å²) in [5.41, 5.74) is 0. The molecular formula is C13H17N3O3. The largest absolute Gasteiger partial charge is 0.480 e. The van der Waals surface area contributed by atoms with Gasteiger partial charge in [0, 0.05) is 18.2 Å². The zero-order valence-electron chi connectivity index (χ0n) is 10.6. The lowest BCUT2D eigenvalue weighted by Gasteiger charge is -2.04. The summed E-state index contributed by atoms with van der Waals surface area (Å²) in [4.78, 5) is 22.6. The molecule has 2 aliphatic carbocycles. The lowest BCUT2D eigenvalue weighted by Crippen LogP contribution is -2.16. The van der Waals surface area contributed by atoms with E-state index in [4.69, 9.17) is 5.11 Å². The van der Waals surface area contributed by atoms with Crippen LogP contribution in [0.5, 0.6) is 0 Å². The van der Waals surface area contributed by atoms with E-state index in [1.807, 2.05) is 0 Å². The number of nitrogens with one attached hydrogen (secondary N) is 1. The van der Waals surface area contributed by atoms with Crippen molar-refractivity contribution in [1.82, 2.24) is 9.78 Å². The molecule has 0 bridgehead atoms. The molecular weight excluding hydrogens is 246 g/mol. The highest BCUT2D eigenvalue weighted by atomic mass is 16.4. The molecule has 1 aromatic heterocycles. The van der Waals surface area contributed by atoms with Gasteiger partial charge < -0.3 is 10.4 Å². The smallest absolute Gasteiger partial charge is 0.325 e. The van der Waals surface area contributed by atoms with Gasteiger partial charge in [-0.1, -0.05) is 12.8 Å². The number of carbonyl (C=O) groups excluding carboxylic acids is 1. The van der Waals surface area contributed by atoms with Gasteiger partial charge in [-0.3, -0.25) is 14.3 Å². The van der Waals surface area contributed by atoms with Gasteiger partial charge in [-0.05, 0) is 24.7 Å². The average molecular weight is 263 g/mol. The van der Waals surface area contributed by atoms with Gasteiger partial charge >= 0.3 is 5.97 Å². The standard InChI is InChI=1S/C13H17N3O3/c17-11(18)7-16-6-5-10(15-16)14-13(19)12-8-3-1-2-4-9(8)12/h5-6,8-9,12H,1-4,7H2,(H,17,18)(H,14,15,19)/t8-,9-/m1/s1. The van der Waals surface area contributed by atoms with E-state index < -0.39 is 5.97 Å². The Morgan fingerprint density at radius 1 is 1.37 bits per heavy atom. The highest BCUT2D eigenvalue weighted by Gasteiger charge is 2.54. The quantitative estimate of drug-likeness (QED) is 0.858. The molecule has 2 saturated carbocycles. The number of carboxylic acids is 1. The van der Waals surface area contributed by atoms with Gasteiger partial charge in [0.1, 0.15) is 6.54 Å². The van der Waals surface area contributed by atoms with E-state index in [1.54, 1.807) is 12.3 Å². The molecule has 0 unspecified atom stereocenters. The normalized spacial score (nSPS) is 28.5. The van der Waals surface area contributed by atoms with Gasteiger partial charge in [0.25, 0.3) is 0 Å². The Labute approximate surface area is 110 Å². The fraction of sp³-hybridized carbons (Fsp3) is 0.615. The van der Waals surface area contributed by atoms with Gasteiger partial charge in [-0.2, -0.15) is 5.10 Å². The van der Waals surface area contributed by atoms with Gasteiger partial charge in [0.2, 0.25) is 5.91 Å². The minimum absolute atomic E-state index is 0.0393. The number of carbonyl (C=O) groups is 2. The van der Waals surface area contributed by atoms with Crippen LogP contribution < -0.4 is 5.32 Å². The first-order valence-corrected chi connectivity index (χ1v) is 6.71. The molecule has 19 heavy (non-hydrogen) atoms. The molecule has 1 amide bonds. The first-order chi connectivity index (χ1) is 9.15. The fourth-order valence-electron chi connectivity index (χ4n) is 3.25. The zero-order valence-corrected chi connectivity index (χ0v) is 10.6. The SMILES string of the molecule is O=C(O)Cn1ccc(NC(=O)C2[C@@H]3CCCC[C@@H]23)n1. The molecule has 6 heteroatoms. The van der Waals surface area contributed by atoms with E-state index >= 15 is 0 Å². The van der Waals surface area contributed by atoms with Gasteiger partial charge in [-0.15, -0.1) is 0 Å². The molecule has 0 spiro atoms. The Kier molecular flexibility index (Phi) is 3.00. The Morgan fingerprint density at radius 2 is 2.05 bits per heavy atom. The number of rotatable bonds is 4. The number of hydrogen-bond acceptors (Lipinski definition) is 3. The highest BCUT2D eigenvalue weighted by Crippen LogP contribution is 2.55.